The van der Waals surface area contributed by atoms with Crippen LogP contribution in [0.2, 0.25) is 0 Å². The molecular weight excluding hydrogens is 442 g/mol. The highest BCUT2D eigenvalue weighted by Gasteiger charge is 2.27. The second kappa shape index (κ2) is 10.3. The van der Waals surface area contributed by atoms with E-state index in [2.05, 4.69) is 12.2 Å². The van der Waals surface area contributed by atoms with Crippen LogP contribution < -0.4 is 5.32 Å². The minimum atomic E-state index is -0.532. The number of esters is 1. The molecule has 0 aliphatic heterocycles. The Labute approximate surface area is 205 Å². The van der Waals surface area contributed by atoms with Crippen molar-refractivity contribution in [1.29, 1.82) is 0 Å². The molecule has 4 rings (SSSR count). The van der Waals surface area contributed by atoms with Crippen LogP contribution in [0.3, 0.4) is 0 Å². The lowest BCUT2D eigenvalue weighted by Gasteiger charge is -2.24. The molecule has 0 spiro atoms. The fraction of sp³-hybridized carbons (Fsp3) is 0.357. The van der Waals surface area contributed by atoms with Crippen molar-refractivity contribution in [3.8, 4) is 0 Å². The number of rotatable bonds is 6. The van der Waals surface area contributed by atoms with Crippen molar-refractivity contribution < 1.29 is 19.1 Å². The summed E-state index contributed by atoms with van der Waals surface area (Å²) < 4.78 is 5.47. The number of anilines is 1. The van der Waals surface area contributed by atoms with Crippen molar-refractivity contribution in [3.63, 3.8) is 0 Å². The fourth-order valence-corrected chi connectivity index (χ4v) is 4.60. The predicted octanol–water partition coefficient (Wildman–Crippen LogP) is 4.23. The maximum absolute atomic E-state index is 13.2. The summed E-state index contributed by atoms with van der Waals surface area (Å²) in [5.74, 6) is -0.848. The molecule has 7 nitrogen and oxygen atoms in total. The van der Waals surface area contributed by atoms with Gasteiger partial charge in [0.25, 0.3) is 5.91 Å². The number of hydrogen-bond acceptors (Lipinski definition) is 5. The fourth-order valence-electron chi connectivity index (χ4n) is 4.60. The number of amides is 2. The Bertz CT molecular complexity index is 1280. The molecule has 0 saturated carbocycles. The molecule has 35 heavy (non-hydrogen) atoms. The molecule has 1 aliphatic carbocycles. The molecule has 0 fully saturated rings. The van der Waals surface area contributed by atoms with Gasteiger partial charge >= 0.3 is 5.97 Å². The molecule has 1 aliphatic rings. The Hall–Kier alpha value is -3.74. The Morgan fingerprint density at radius 1 is 1.09 bits per heavy atom. The van der Waals surface area contributed by atoms with Crippen LogP contribution >= 0.6 is 0 Å². The number of nitrogens with one attached hydrogen (secondary N) is 1. The molecule has 1 atom stereocenters. The summed E-state index contributed by atoms with van der Waals surface area (Å²) in [6.07, 6.45) is 2.60. The van der Waals surface area contributed by atoms with Gasteiger partial charge < -0.3 is 15.0 Å². The molecule has 0 saturated heterocycles. The summed E-state index contributed by atoms with van der Waals surface area (Å²) in [7, 11) is 1.52. The maximum Gasteiger partial charge on any atom is 0.339 e. The van der Waals surface area contributed by atoms with Gasteiger partial charge in [-0.25, -0.2) is 4.79 Å². The average Bonchev–Trinajstić information content (AvgIpc) is 2.83. The first-order valence-electron chi connectivity index (χ1n) is 11.9. The summed E-state index contributed by atoms with van der Waals surface area (Å²) in [5.41, 5.74) is 5.74. The number of fused-ring (bicyclic) bond motifs is 2. The first-order valence-corrected chi connectivity index (χ1v) is 11.9. The number of hydrogen-bond donors (Lipinski definition) is 1. The third-order valence-electron chi connectivity index (χ3n) is 6.59. The summed E-state index contributed by atoms with van der Waals surface area (Å²) in [6.45, 7) is 5.41. The highest BCUT2D eigenvalue weighted by Crippen LogP contribution is 2.32. The van der Waals surface area contributed by atoms with E-state index in [-0.39, 0.29) is 12.5 Å². The topological polar surface area (TPSA) is 88.6 Å². The Balaban J connectivity index is 1.43. The van der Waals surface area contributed by atoms with E-state index >= 15 is 0 Å². The molecule has 1 unspecified atom stereocenters. The van der Waals surface area contributed by atoms with Crippen molar-refractivity contribution in [1.82, 2.24) is 9.88 Å². The number of pyridine rings is 1. The molecule has 182 valence electrons. The number of ether oxygens (including phenoxy) is 1. The van der Waals surface area contributed by atoms with Gasteiger partial charge in [0, 0.05) is 23.8 Å². The zero-order valence-electron chi connectivity index (χ0n) is 20.7. The third kappa shape index (κ3) is 5.34. The van der Waals surface area contributed by atoms with Gasteiger partial charge in [0.1, 0.15) is 0 Å². The number of likely N-dealkylation sites (N-methyl/N-ethyl adjacent to an activating group) is 1. The molecule has 0 bridgehead atoms. The van der Waals surface area contributed by atoms with Crippen molar-refractivity contribution in [2.75, 3.05) is 25.5 Å². The Kier molecular flexibility index (Phi) is 7.15. The third-order valence-corrected chi connectivity index (χ3v) is 6.59. The van der Waals surface area contributed by atoms with Crippen molar-refractivity contribution >= 4 is 34.4 Å². The van der Waals surface area contributed by atoms with E-state index in [0.717, 1.165) is 58.2 Å². The lowest BCUT2D eigenvalue weighted by atomic mass is 9.84. The van der Waals surface area contributed by atoms with Gasteiger partial charge in [0.05, 0.1) is 17.6 Å². The molecule has 0 radical (unpaired) electrons. The highest BCUT2D eigenvalue weighted by molar-refractivity contribution is 6.05. The van der Waals surface area contributed by atoms with E-state index in [1.807, 2.05) is 56.3 Å². The standard InChI is InChI=1S/C28H31N3O4/c1-17-12-13-23-21(14-17)26(20-10-5-6-11-22(20)29-23)28(34)35-16-25(33)31(4)15-24(32)30-27-18(2)8-7-9-19(27)3/h5-11,17H,12-16H2,1-4H3,(H,30,32). The second-order valence-electron chi connectivity index (χ2n) is 9.42. The van der Waals surface area contributed by atoms with Crippen LogP contribution in [0.15, 0.2) is 42.5 Å². The van der Waals surface area contributed by atoms with E-state index in [1.165, 1.54) is 11.9 Å². The molecule has 1 heterocycles. The number of nitrogens with zero attached hydrogens (tertiary/aromatic N) is 2. The van der Waals surface area contributed by atoms with Gasteiger partial charge in [-0.2, -0.15) is 0 Å². The maximum atomic E-state index is 13.2. The van der Waals surface area contributed by atoms with Crippen LogP contribution in [0.5, 0.6) is 0 Å². The number of aromatic nitrogens is 1. The van der Waals surface area contributed by atoms with Crippen LogP contribution in [-0.2, 0) is 27.2 Å². The first-order chi connectivity index (χ1) is 16.7. The predicted molar refractivity (Wildman–Crippen MR) is 135 cm³/mol. The lowest BCUT2D eigenvalue weighted by molar-refractivity contribution is -0.136. The summed E-state index contributed by atoms with van der Waals surface area (Å²) >= 11 is 0. The van der Waals surface area contributed by atoms with Crippen molar-refractivity contribution in [2.45, 2.75) is 40.0 Å². The first kappa shape index (κ1) is 24.4. The largest absolute Gasteiger partial charge is 0.452 e. The van der Waals surface area contributed by atoms with Crippen molar-refractivity contribution in [3.05, 3.63) is 70.4 Å². The number of carbonyl (C=O) groups excluding carboxylic acids is 3. The monoisotopic (exact) mass is 473 g/mol. The molecule has 3 aromatic rings. The molecule has 2 aromatic carbocycles. The van der Waals surface area contributed by atoms with Crippen LogP contribution in [0.4, 0.5) is 5.69 Å². The summed E-state index contributed by atoms with van der Waals surface area (Å²) in [6, 6.07) is 13.3. The summed E-state index contributed by atoms with van der Waals surface area (Å²) in [4.78, 5) is 44.4. The molecule has 1 N–H and O–H groups in total. The lowest BCUT2D eigenvalue weighted by Crippen LogP contribution is -2.37. The normalized spacial score (nSPS) is 14.8. The van der Waals surface area contributed by atoms with E-state index in [0.29, 0.717) is 11.5 Å². The number of carbonyl (C=O) groups is 3. The smallest absolute Gasteiger partial charge is 0.339 e. The number of aryl methyl sites for hydroxylation is 3. The van der Waals surface area contributed by atoms with Gasteiger partial charge in [0.15, 0.2) is 6.61 Å². The molecule has 2 amide bonds. The molecular formula is C28H31N3O4. The van der Waals surface area contributed by atoms with Gasteiger partial charge in [-0.1, -0.05) is 43.3 Å². The quantitative estimate of drug-likeness (QED) is 0.541. The van der Waals surface area contributed by atoms with Gasteiger partial charge in [0.2, 0.25) is 5.91 Å². The minimum Gasteiger partial charge on any atom is -0.452 e. The SMILES string of the molecule is Cc1cccc(C)c1NC(=O)CN(C)C(=O)COC(=O)c1c2c(nc3ccccc13)CCC(C)C2. The Morgan fingerprint density at radius 3 is 2.54 bits per heavy atom. The van der Waals surface area contributed by atoms with E-state index in [4.69, 9.17) is 9.72 Å². The highest BCUT2D eigenvalue weighted by atomic mass is 16.5. The molecule has 7 heteroatoms. The van der Waals surface area contributed by atoms with Gasteiger partial charge in [-0.05, 0) is 61.8 Å². The number of para-hydroxylation sites is 2. The second-order valence-corrected chi connectivity index (χ2v) is 9.42. The molecule has 1 aromatic heterocycles. The van der Waals surface area contributed by atoms with Crippen LogP contribution in [0.25, 0.3) is 10.9 Å². The average molecular weight is 474 g/mol. The van der Waals surface area contributed by atoms with Crippen LogP contribution in [0, 0.1) is 19.8 Å². The zero-order valence-corrected chi connectivity index (χ0v) is 20.7. The van der Waals surface area contributed by atoms with Gasteiger partial charge in [-0.15, -0.1) is 0 Å². The van der Waals surface area contributed by atoms with Crippen LogP contribution in [-0.4, -0.2) is 47.9 Å². The van der Waals surface area contributed by atoms with Crippen LogP contribution in [0.1, 0.15) is 46.1 Å². The minimum absolute atomic E-state index is 0.144. The number of benzene rings is 2. The van der Waals surface area contributed by atoms with E-state index in [9.17, 15) is 14.4 Å². The van der Waals surface area contributed by atoms with E-state index < -0.39 is 18.5 Å². The van der Waals surface area contributed by atoms with E-state index in [1.54, 1.807) is 0 Å². The van der Waals surface area contributed by atoms with Gasteiger partial charge in [-0.3, -0.25) is 14.6 Å². The zero-order chi connectivity index (χ0) is 25.1. The summed E-state index contributed by atoms with van der Waals surface area (Å²) in [5, 5.41) is 3.60. The Morgan fingerprint density at radius 2 is 1.80 bits per heavy atom. The van der Waals surface area contributed by atoms with Crippen molar-refractivity contribution in [2.24, 2.45) is 5.92 Å².